The van der Waals surface area contributed by atoms with Gasteiger partial charge in [0, 0.05) is 13.1 Å². The van der Waals surface area contributed by atoms with E-state index in [0.29, 0.717) is 9.23 Å². The van der Waals surface area contributed by atoms with Crippen molar-refractivity contribution in [2.24, 2.45) is 0 Å². The molecule has 1 heterocycles. The Morgan fingerprint density at radius 1 is 1.00 bits per heavy atom. The van der Waals surface area contributed by atoms with E-state index >= 15 is 0 Å². The van der Waals surface area contributed by atoms with Crippen LogP contribution < -0.4 is 10.6 Å². The van der Waals surface area contributed by atoms with Gasteiger partial charge >= 0.3 is 0 Å². The van der Waals surface area contributed by atoms with Gasteiger partial charge in [-0.15, -0.1) is 0 Å². The molecule has 0 unspecified atom stereocenters. The van der Waals surface area contributed by atoms with Gasteiger partial charge in [-0.25, -0.2) is 0 Å². The summed E-state index contributed by atoms with van der Waals surface area (Å²) in [6, 6.07) is 17.1. The molecule has 0 saturated carbocycles. The monoisotopic (exact) mass is 396 g/mol. The van der Waals surface area contributed by atoms with Crippen molar-refractivity contribution >= 4 is 40.3 Å². The Labute approximate surface area is 170 Å². The van der Waals surface area contributed by atoms with E-state index in [0.717, 1.165) is 18.7 Å². The van der Waals surface area contributed by atoms with Crippen LogP contribution in [0.15, 0.2) is 53.4 Å². The Balaban J connectivity index is 1.48. The zero-order valence-electron chi connectivity index (χ0n) is 15.5. The molecule has 0 spiro atoms. The van der Waals surface area contributed by atoms with E-state index in [4.69, 9.17) is 12.2 Å². The molecule has 2 aromatic carbocycles. The zero-order chi connectivity index (χ0) is 19.1. The molecule has 2 aromatic rings. The third kappa shape index (κ3) is 6.03. The van der Waals surface area contributed by atoms with Gasteiger partial charge in [-0.3, -0.25) is 4.79 Å². The highest BCUT2D eigenvalue weighted by atomic mass is 32.2. The summed E-state index contributed by atoms with van der Waals surface area (Å²) in [5.74, 6) is -0.114. The zero-order valence-corrected chi connectivity index (χ0v) is 17.1. The number of thioether (sulfide) groups is 1. The first-order valence-electron chi connectivity index (χ1n) is 9.26. The van der Waals surface area contributed by atoms with Gasteiger partial charge in [-0.1, -0.05) is 85.9 Å². The van der Waals surface area contributed by atoms with Crippen LogP contribution in [0.1, 0.15) is 42.0 Å². The van der Waals surface area contributed by atoms with Crippen molar-refractivity contribution < 1.29 is 4.79 Å². The summed E-state index contributed by atoms with van der Waals surface area (Å²) in [5, 5.41) is 6.12. The fraction of sp³-hybridized carbons (Fsp3) is 0.273. The number of thiocarbonyl (C=S) groups is 1. The highest BCUT2D eigenvalue weighted by Crippen LogP contribution is 2.25. The first-order chi connectivity index (χ1) is 13.1. The number of hydrogen-bond acceptors (Lipinski definition) is 4. The van der Waals surface area contributed by atoms with Crippen LogP contribution in [-0.2, 0) is 24.3 Å². The summed E-state index contributed by atoms with van der Waals surface area (Å²) < 4.78 is 0.519. The lowest BCUT2D eigenvalue weighted by Gasteiger charge is -2.07. The Kier molecular flexibility index (Phi) is 7.21. The predicted molar refractivity (Wildman–Crippen MR) is 118 cm³/mol. The SMILES string of the molecule is CCCCc1ccc(CNCc2ccc(/C=C3/SC(=S)NC3=O)cc2)cc1. The molecule has 1 amide bonds. The number of benzene rings is 2. The van der Waals surface area contributed by atoms with E-state index in [1.807, 2.05) is 18.2 Å². The van der Waals surface area contributed by atoms with E-state index in [2.05, 4.69) is 54.0 Å². The van der Waals surface area contributed by atoms with Gasteiger partial charge < -0.3 is 10.6 Å². The van der Waals surface area contributed by atoms with Gasteiger partial charge in [0.1, 0.15) is 4.32 Å². The fourth-order valence-corrected chi connectivity index (χ4v) is 3.90. The molecule has 3 rings (SSSR count). The summed E-state index contributed by atoms with van der Waals surface area (Å²) in [5.41, 5.74) is 4.94. The van der Waals surface area contributed by atoms with E-state index in [1.165, 1.54) is 47.7 Å². The summed E-state index contributed by atoms with van der Waals surface area (Å²) in [6.45, 7) is 3.89. The van der Waals surface area contributed by atoms with E-state index in [9.17, 15) is 4.79 Å². The smallest absolute Gasteiger partial charge is 0.263 e. The normalized spacial score (nSPS) is 15.4. The first-order valence-corrected chi connectivity index (χ1v) is 10.5. The van der Waals surface area contributed by atoms with Crippen molar-refractivity contribution in [3.8, 4) is 0 Å². The molecule has 0 aromatic heterocycles. The predicted octanol–water partition coefficient (Wildman–Crippen LogP) is 4.81. The van der Waals surface area contributed by atoms with Crippen LogP contribution in [0, 0.1) is 0 Å². The standard InChI is InChI=1S/C22H24N2OS2/c1-2-3-4-16-5-9-18(10-6-16)14-23-15-19-11-7-17(8-12-19)13-20-21(25)24-22(26)27-20/h5-13,23H,2-4,14-15H2,1H3,(H,24,25,26)/b20-13+. The van der Waals surface area contributed by atoms with Crippen LogP contribution in [0.5, 0.6) is 0 Å². The molecule has 0 bridgehead atoms. The Morgan fingerprint density at radius 3 is 2.15 bits per heavy atom. The van der Waals surface area contributed by atoms with Gasteiger partial charge in [0.05, 0.1) is 4.91 Å². The summed E-state index contributed by atoms with van der Waals surface area (Å²) in [7, 11) is 0. The molecule has 0 aliphatic carbocycles. The average molecular weight is 397 g/mol. The molecule has 27 heavy (non-hydrogen) atoms. The third-order valence-electron chi connectivity index (χ3n) is 4.42. The number of unbranched alkanes of at least 4 members (excludes halogenated alkanes) is 1. The lowest BCUT2D eigenvalue weighted by molar-refractivity contribution is -0.115. The first kappa shape index (κ1) is 19.8. The van der Waals surface area contributed by atoms with Gasteiger partial charge in [0.2, 0.25) is 0 Å². The summed E-state index contributed by atoms with van der Waals surface area (Å²) in [4.78, 5) is 12.4. The molecule has 1 saturated heterocycles. The topological polar surface area (TPSA) is 41.1 Å². The van der Waals surface area contributed by atoms with E-state index in [1.54, 1.807) is 0 Å². The minimum absolute atomic E-state index is 0.114. The maximum absolute atomic E-state index is 11.7. The Bertz CT molecular complexity index is 826. The second-order valence-corrected chi connectivity index (χ2v) is 8.34. The van der Waals surface area contributed by atoms with Crippen LogP contribution in [0.4, 0.5) is 0 Å². The molecule has 1 aliphatic heterocycles. The number of carbonyl (C=O) groups is 1. The van der Waals surface area contributed by atoms with Crippen LogP contribution in [0.25, 0.3) is 6.08 Å². The molecule has 0 atom stereocenters. The van der Waals surface area contributed by atoms with Gasteiger partial charge in [-0.05, 0) is 41.2 Å². The van der Waals surface area contributed by atoms with Crippen molar-refractivity contribution in [1.82, 2.24) is 10.6 Å². The van der Waals surface area contributed by atoms with Crippen molar-refractivity contribution in [2.75, 3.05) is 0 Å². The number of amides is 1. The molecular formula is C22H24N2OS2. The van der Waals surface area contributed by atoms with Crippen molar-refractivity contribution in [3.63, 3.8) is 0 Å². The number of carbonyl (C=O) groups excluding carboxylic acids is 1. The molecule has 1 fully saturated rings. The summed E-state index contributed by atoms with van der Waals surface area (Å²) in [6.07, 6.45) is 5.52. The average Bonchev–Trinajstić information content (AvgIpc) is 2.99. The van der Waals surface area contributed by atoms with Crippen LogP contribution >= 0.6 is 24.0 Å². The Morgan fingerprint density at radius 2 is 1.59 bits per heavy atom. The lowest BCUT2D eigenvalue weighted by atomic mass is 10.1. The fourth-order valence-electron chi connectivity index (χ4n) is 2.86. The van der Waals surface area contributed by atoms with Gasteiger partial charge in [-0.2, -0.15) is 0 Å². The van der Waals surface area contributed by atoms with Gasteiger partial charge in [0.25, 0.3) is 5.91 Å². The van der Waals surface area contributed by atoms with E-state index < -0.39 is 0 Å². The maximum atomic E-state index is 11.7. The number of nitrogens with one attached hydrogen (secondary N) is 2. The molecule has 3 nitrogen and oxygen atoms in total. The molecule has 140 valence electrons. The van der Waals surface area contributed by atoms with Crippen LogP contribution in [0.2, 0.25) is 0 Å². The minimum atomic E-state index is -0.114. The second-order valence-electron chi connectivity index (χ2n) is 6.62. The molecular weight excluding hydrogens is 372 g/mol. The highest BCUT2D eigenvalue weighted by molar-refractivity contribution is 8.26. The van der Waals surface area contributed by atoms with Crippen molar-refractivity contribution in [1.29, 1.82) is 0 Å². The van der Waals surface area contributed by atoms with Gasteiger partial charge in [0.15, 0.2) is 0 Å². The van der Waals surface area contributed by atoms with Crippen molar-refractivity contribution in [2.45, 2.75) is 39.3 Å². The lowest BCUT2D eigenvalue weighted by Crippen LogP contribution is -2.17. The molecule has 2 N–H and O–H groups in total. The third-order valence-corrected chi connectivity index (χ3v) is 5.58. The largest absolute Gasteiger partial charge is 0.309 e. The van der Waals surface area contributed by atoms with E-state index in [-0.39, 0.29) is 5.91 Å². The molecule has 5 heteroatoms. The minimum Gasteiger partial charge on any atom is -0.309 e. The highest BCUT2D eigenvalue weighted by Gasteiger charge is 2.21. The van der Waals surface area contributed by atoms with Crippen LogP contribution in [-0.4, -0.2) is 10.2 Å². The molecule has 1 aliphatic rings. The van der Waals surface area contributed by atoms with Crippen LogP contribution in [0.3, 0.4) is 0 Å². The quantitative estimate of drug-likeness (QED) is 0.496. The second kappa shape index (κ2) is 9.83. The number of hydrogen-bond donors (Lipinski definition) is 2. The molecule has 0 radical (unpaired) electrons. The Hall–Kier alpha value is -1.95. The van der Waals surface area contributed by atoms with Crippen molar-refractivity contribution in [3.05, 3.63) is 75.7 Å². The summed E-state index contributed by atoms with van der Waals surface area (Å²) >= 11 is 6.31. The number of aryl methyl sites for hydroxylation is 1. The maximum Gasteiger partial charge on any atom is 0.263 e. The number of rotatable bonds is 8.